The van der Waals surface area contributed by atoms with E-state index in [1.54, 1.807) is 12.4 Å². The highest BCUT2D eigenvalue weighted by atomic mass is 16.5. The zero-order valence-corrected chi connectivity index (χ0v) is 13.5. The average molecular weight is 323 g/mol. The molecule has 0 saturated heterocycles. The van der Waals surface area contributed by atoms with Crippen LogP contribution < -0.4 is 15.4 Å². The van der Waals surface area contributed by atoms with E-state index in [0.717, 1.165) is 36.1 Å². The van der Waals surface area contributed by atoms with Gasteiger partial charge in [0.1, 0.15) is 11.4 Å². The van der Waals surface area contributed by atoms with Crippen LogP contribution in [0.4, 0.5) is 4.79 Å². The molecule has 0 radical (unpaired) electrons. The van der Waals surface area contributed by atoms with Crippen molar-refractivity contribution in [2.75, 3.05) is 0 Å². The molecule has 1 aromatic heterocycles. The fourth-order valence-corrected chi connectivity index (χ4v) is 3.52. The summed E-state index contributed by atoms with van der Waals surface area (Å²) in [5.74, 6) is 0.905. The van der Waals surface area contributed by atoms with Crippen LogP contribution in [0.15, 0.2) is 48.8 Å². The van der Waals surface area contributed by atoms with Gasteiger partial charge in [-0.1, -0.05) is 18.2 Å². The van der Waals surface area contributed by atoms with E-state index in [0.29, 0.717) is 6.54 Å². The number of carbonyl (C=O) groups excluding carboxylic acids is 1. The van der Waals surface area contributed by atoms with Crippen LogP contribution in [0.5, 0.6) is 5.75 Å². The molecule has 1 aliphatic heterocycles. The molecule has 1 atom stereocenters. The number of hydrogen-bond acceptors (Lipinski definition) is 3. The van der Waals surface area contributed by atoms with E-state index in [1.165, 1.54) is 6.42 Å². The monoisotopic (exact) mass is 323 g/mol. The molecule has 2 N–H and O–H groups in total. The van der Waals surface area contributed by atoms with Crippen LogP contribution in [0.25, 0.3) is 0 Å². The molecule has 0 bridgehead atoms. The first-order chi connectivity index (χ1) is 11.7. The van der Waals surface area contributed by atoms with E-state index >= 15 is 0 Å². The minimum Gasteiger partial charge on any atom is -0.487 e. The van der Waals surface area contributed by atoms with Gasteiger partial charge in [-0.25, -0.2) is 4.79 Å². The molecule has 5 heteroatoms. The van der Waals surface area contributed by atoms with Gasteiger partial charge in [0.2, 0.25) is 0 Å². The van der Waals surface area contributed by atoms with Crippen LogP contribution in [0.1, 0.15) is 42.9 Å². The molecule has 2 aliphatic rings. The molecule has 1 spiro atoms. The highest BCUT2D eigenvalue weighted by molar-refractivity contribution is 5.74. The van der Waals surface area contributed by atoms with E-state index in [2.05, 4.69) is 15.6 Å². The van der Waals surface area contributed by atoms with E-state index in [4.69, 9.17) is 4.74 Å². The quantitative estimate of drug-likeness (QED) is 0.911. The molecule has 1 fully saturated rings. The number of fused-ring (bicyclic) bond motifs is 1. The van der Waals surface area contributed by atoms with Crippen LogP contribution in [0.3, 0.4) is 0 Å². The van der Waals surface area contributed by atoms with E-state index < -0.39 is 0 Å². The predicted octanol–water partition coefficient (Wildman–Crippen LogP) is 3.33. The molecular weight excluding hydrogens is 302 g/mol. The minimum absolute atomic E-state index is 0.00677. The Kier molecular flexibility index (Phi) is 3.84. The Balaban J connectivity index is 1.44. The largest absolute Gasteiger partial charge is 0.487 e. The summed E-state index contributed by atoms with van der Waals surface area (Å²) in [6.45, 7) is 0.490. The molecule has 5 nitrogen and oxygen atoms in total. The normalized spacial score (nSPS) is 20.4. The van der Waals surface area contributed by atoms with Gasteiger partial charge in [-0.2, -0.15) is 0 Å². The first-order valence-corrected chi connectivity index (χ1v) is 8.45. The van der Waals surface area contributed by atoms with Gasteiger partial charge in [-0.3, -0.25) is 4.98 Å². The number of para-hydroxylation sites is 1. The number of nitrogens with one attached hydrogen (secondary N) is 2. The molecule has 1 aliphatic carbocycles. The Bertz CT molecular complexity index is 728. The van der Waals surface area contributed by atoms with Crippen molar-refractivity contribution in [1.82, 2.24) is 15.6 Å². The summed E-state index contributed by atoms with van der Waals surface area (Å²) in [6, 6.07) is 11.6. The molecular formula is C19H21N3O2. The van der Waals surface area contributed by atoms with Crippen LogP contribution in [0, 0.1) is 0 Å². The van der Waals surface area contributed by atoms with Crippen molar-refractivity contribution in [2.24, 2.45) is 0 Å². The van der Waals surface area contributed by atoms with E-state index in [-0.39, 0.29) is 17.7 Å². The second-order valence-corrected chi connectivity index (χ2v) is 6.62. The maximum absolute atomic E-state index is 12.3. The molecule has 1 saturated carbocycles. The lowest BCUT2D eigenvalue weighted by Gasteiger charge is -2.48. The third-order valence-electron chi connectivity index (χ3n) is 4.97. The minimum atomic E-state index is -0.150. The molecule has 1 unspecified atom stereocenters. The standard InChI is InChI=1S/C19H21N3O2/c23-18(21-13-14-6-10-20-11-7-14)22-16-12-19(8-3-9-19)24-17-5-2-1-4-15(16)17/h1-2,4-7,10-11,16H,3,8-9,12-13H2,(H2,21,22,23). The van der Waals surface area contributed by atoms with Gasteiger partial charge in [-0.05, 0) is 43.0 Å². The summed E-state index contributed by atoms with van der Waals surface area (Å²) in [5, 5.41) is 6.04. The van der Waals surface area contributed by atoms with Crippen molar-refractivity contribution < 1.29 is 9.53 Å². The van der Waals surface area contributed by atoms with Gasteiger partial charge in [0, 0.05) is 30.9 Å². The maximum atomic E-state index is 12.3. The van der Waals surface area contributed by atoms with Crippen molar-refractivity contribution in [2.45, 2.75) is 43.9 Å². The zero-order valence-electron chi connectivity index (χ0n) is 13.5. The smallest absolute Gasteiger partial charge is 0.315 e. The lowest BCUT2D eigenvalue weighted by molar-refractivity contribution is -0.0355. The summed E-state index contributed by atoms with van der Waals surface area (Å²) in [4.78, 5) is 16.3. The molecule has 2 amide bonds. The molecule has 124 valence electrons. The SMILES string of the molecule is O=C(NCc1ccncc1)NC1CC2(CCC2)Oc2ccccc21. The highest BCUT2D eigenvalue weighted by Crippen LogP contribution is 2.48. The fourth-order valence-electron chi connectivity index (χ4n) is 3.52. The molecule has 4 rings (SSSR count). The Hall–Kier alpha value is -2.56. The van der Waals surface area contributed by atoms with Crippen LogP contribution in [-0.4, -0.2) is 16.6 Å². The Morgan fingerprint density at radius 2 is 2.00 bits per heavy atom. The van der Waals surface area contributed by atoms with E-state index in [1.807, 2.05) is 36.4 Å². The maximum Gasteiger partial charge on any atom is 0.315 e. The number of urea groups is 1. The Labute approximate surface area is 141 Å². The number of rotatable bonds is 3. The first-order valence-electron chi connectivity index (χ1n) is 8.45. The fraction of sp³-hybridized carbons (Fsp3) is 0.368. The number of carbonyl (C=O) groups is 1. The van der Waals surface area contributed by atoms with Gasteiger partial charge in [0.05, 0.1) is 6.04 Å². The third kappa shape index (κ3) is 2.94. The molecule has 1 aromatic carbocycles. The van der Waals surface area contributed by atoms with Crippen molar-refractivity contribution >= 4 is 6.03 Å². The van der Waals surface area contributed by atoms with Gasteiger partial charge in [0.15, 0.2) is 0 Å². The summed E-state index contributed by atoms with van der Waals surface area (Å²) >= 11 is 0. The highest BCUT2D eigenvalue weighted by Gasteiger charge is 2.45. The third-order valence-corrected chi connectivity index (χ3v) is 4.97. The molecule has 2 heterocycles. The van der Waals surface area contributed by atoms with E-state index in [9.17, 15) is 4.79 Å². The molecule has 2 aromatic rings. The van der Waals surface area contributed by atoms with Crippen LogP contribution >= 0.6 is 0 Å². The van der Waals surface area contributed by atoms with Crippen molar-refractivity contribution in [3.63, 3.8) is 0 Å². The van der Waals surface area contributed by atoms with Gasteiger partial charge < -0.3 is 15.4 Å². The first kappa shape index (κ1) is 15.0. The predicted molar refractivity (Wildman–Crippen MR) is 90.6 cm³/mol. The lowest BCUT2D eigenvalue weighted by atomic mass is 9.73. The second-order valence-electron chi connectivity index (χ2n) is 6.62. The van der Waals surface area contributed by atoms with Crippen molar-refractivity contribution in [1.29, 1.82) is 0 Å². The van der Waals surface area contributed by atoms with Gasteiger partial charge in [-0.15, -0.1) is 0 Å². The van der Waals surface area contributed by atoms with Crippen molar-refractivity contribution in [3.05, 3.63) is 59.9 Å². The number of amides is 2. The van der Waals surface area contributed by atoms with Crippen LogP contribution in [-0.2, 0) is 6.54 Å². The Morgan fingerprint density at radius 3 is 2.75 bits per heavy atom. The number of aromatic nitrogens is 1. The average Bonchev–Trinajstić information content (AvgIpc) is 2.59. The number of benzene rings is 1. The topological polar surface area (TPSA) is 63.2 Å². The summed E-state index contributed by atoms with van der Waals surface area (Å²) < 4.78 is 6.22. The Morgan fingerprint density at radius 1 is 1.21 bits per heavy atom. The number of pyridine rings is 1. The summed E-state index contributed by atoms with van der Waals surface area (Å²) in [7, 11) is 0. The second kappa shape index (κ2) is 6.15. The van der Waals surface area contributed by atoms with Gasteiger partial charge in [0.25, 0.3) is 0 Å². The number of ether oxygens (including phenoxy) is 1. The van der Waals surface area contributed by atoms with Crippen molar-refractivity contribution in [3.8, 4) is 5.75 Å². The van der Waals surface area contributed by atoms with Crippen LogP contribution in [0.2, 0.25) is 0 Å². The van der Waals surface area contributed by atoms with Gasteiger partial charge >= 0.3 is 6.03 Å². The molecule has 24 heavy (non-hydrogen) atoms. The lowest BCUT2D eigenvalue weighted by Crippen LogP contribution is -2.50. The number of nitrogens with zero attached hydrogens (tertiary/aromatic N) is 1. The summed E-state index contributed by atoms with van der Waals surface area (Å²) in [6.07, 6.45) is 7.63. The zero-order chi connectivity index (χ0) is 16.4. The summed E-state index contributed by atoms with van der Waals surface area (Å²) in [5.41, 5.74) is 2.01. The number of hydrogen-bond donors (Lipinski definition) is 2.